The van der Waals surface area contributed by atoms with E-state index in [-0.39, 0.29) is 11.8 Å². The van der Waals surface area contributed by atoms with E-state index in [0.29, 0.717) is 6.42 Å². The fraction of sp³-hybridized carbons (Fsp3) is 0.323. The van der Waals surface area contributed by atoms with Gasteiger partial charge in [0.2, 0.25) is 5.91 Å². The van der Waals surface area contributed by atoms with Crippen LogP contribution in [0.2, 0.25) is 0 Å². The van der Waals surface area contributed by atoms with Crippen molar-refractivity contribution in [1.82, 2.24) is 0 Å². The molecule has 1 unspecified atom stereocenters. The molecular formula is C31H37BrN2O. The second kappa shape index (κ2) is 13.9. The lowest BCUT2D eigenvalue weighted by molar-refractivity contribution is -0.119. The van der Waals surface area contributed by atoms with Crippen LogP contribution in [0.3, 0.4) is 0 Å². The largest absolute Gasteiger partial charge is 0.371 e. The molecule has 4 heteroatoms. The van der Waals surface area contributed by atoms with Crippen LogP contribution in [0.15, 0.2) is 89.4 Å². The summed E-state index contributed by atoms with van der Waals surface area (Å²) in [5.41, 5.74) is 11.8. The molecule has 0 aliphatic heterocycles. The summed E-state index contributed by atoms with van der Waals surface area (Å²) in [6.07, 6.45) is 9.16. The van der Waals surface area contributed by atoms with Gasteiger partial charge in [0.15, 0.2) is 0 Å². The maximum atomic E-state index is 12.6. The molecule has 0 aromatic heterocycles. The van der Waals surface area contributed by atoms with Gasteiger partial charge in [-0.25, -0.2) is 0 Å². The van der Waals surface area contributed by atoms with Gasteiger partial charge in [-0.15, -0.1) is 0 Å². The molecule has 0 fully saturated rings. The average Bonchev–Trinajstić information content (AvgIpc) is 2.88. The van der Waals surface area contributed by atoms with Gasteiger partial charge in [-0.05, 0) is 72.6 Å². The highest BCUT2D eigenvalue weighted by molar-refractivity contribution is 9.10. The highest BCUT2D eigenvalue weighted by Crippen LogP contribution is 2.34. The zero-order valence-electron chi connectivity index (χ0n) is 20.9. The molecule has 0 aliphatic carbocycles. The van der Waals surface area contributed by atoms with Gasteiger partial charge in [-0.2, -0.15) is 0 Å². The van der Waals surface area contributed by atoms with Gasteiger partial charge in [-0.3, -0.25) is 4.79 Å². The first-order valence-corrected chi connectivity index (χ1v) is 13.5. The molecule has 2 N–H and O–H groups in total. The minimum Gasteiger partial charge on any atom is -0.371 e. The molecule has 1 amide bonds. The van der Waals surface area contributed by atoms with E-state index in [4.69, 9.17) is 5.73 Å². The van der Waals surface area contributed by atoms with Crippen molar-refractivity contribution < 1.29 is 4.79 Å². The van der Waals surface area contributed by atoms with Crippen LogP contribution in [0, 0.1) is 0 Å². The van der Waals surface area contributed by atoms with E-state index in [9.17, 15) is 4.79 Å². The number of hydrogen-bond donors (Lipinski definition) is 1. The SMILES string of the molecule is CCC=CCCN(CCCC(C(N)=O)c1ccc(Br)cc1-c1ccccc1)c1ccccc1CC. The third-order valence-corrected chi connectivity index (χ3v) is 6.91. The van der Waals surface area contributed by atoms with Crippen molar-refractivity contribution in [2.75, 3.05) is 18.0 Å². The summed E-state index contributed by atoms with van der Waals surface area (Å²) >= 11 is 3.60. The van der Waals surface area contributed by atoms with Crippen LogP contribution in [0.5, 0.6) is 0 Å². The summed E-state index contributed by atoms with van der Waals surface area (Å²) in [5, 5.41) is 0. The van der Waals surface area contributed by atoms with Crippen LogP contribution < -0.4 is 10.6 Å². The van der Waals surface area contributed by atoms with E-state index in [0.717, 1.165) is 59.9 Å². The quantitative estimate of drug-likeness (QED) is 0.227. The highest BCUT2D eigenvalue weighted by atomic mass is 79.9. The number of carbonyl (C=O) groups excluding carboxylic acids is 1. The molecule has 35 heavy (non-hydrogen) atoms. The molecular weight excluding hydrogens is 496 g/mol. The Morgan fingerprint density at radius 2 is 1.71 bits per heavy atom. The summed E-state index contributed by atoms with van der Waals surface area (Å²) in [4.78, 5) is 15.1. The molecule has 0 radical (unpaired) electrons. The minimum absolute atomic E-state index is 0.268. The van der Waals surface area contributed by atoms with E-state index in [2.05, 4.69) is 89.3 Å². The molecule has 0 bridgehead atoms. The lowest BCUT2D eigenvalue weighted by atomic mass is 9.87. The number of carbonyl (C=O) groups is 1. The van der Waals surface area contributed by atoms with Crippen LogP contribution >= 0.6 is 15.9 Å². The highest BCUT2D eigenvalue weighted by Gasteiger charge is 2.22. The summed E-state index contributed by atoms with van der Waals surface area (Å²) in [6, 6.07) is 25.0. The Hall–Kier alpha value is -2.85. The van der Waals surface area contributed by atoms with Crippen molar-refractivity contribution >= 4 is 27.5 Å². The number of allylic oxidation sites excluding steroid dienone is 1. The summed E-state index contributed by atoms with van der Waals surface area (Å²) < 4.78 is 0.991. The summed E-state index contributed by atoms with van der Waals surface area (Å²) in [5.74, 6) is -0.600. The van der Waals surface area contributed by atoms with Gasteiger partial charge in [0, 0.05) is 23.2 Å². The molecule has 0 saturated heterocycles. The number of anilines is 1. The lowest BCUT2D eigenvalue weighted by Crippen LogP contribution is -2.28. The predicted molar refractivity (Wildman–Crippen MR) is 153 cm³/mol. The lowest BCUT2D eigenvalue weighted by Gasteiger charge is -2.28. The second-order valence-electron chi connectivity index (χ2n) is 8.83. The topological polar surface area (TPSA) is 46.3 Å². The fourth-order valence-electron chi connectivity index (χ4n) is 4.62. The molecule has 1 atom stereocenters. The maximum absolute atomic E-state index is 12.6. The molecule has 3 aromatic rings. The maximum Gasteiger partial charge on any atom is 0.224 e. The van der Waals surface area contributed by atoms with Crippen molar-refractivity contribution in [3.63, 3.8) is 0 Å². The number of aryl methyl sites for hydroxylation is 1. The van der Waals surface area contributed by atoms with Gasteiger partial charge in [0.25, 0.3) is 0 Å². The Morgan fingerprint density at radius 1 is 0.971 bits per heavy atom. The van der Waals surface area contributed by atoms with E-state index in [1.807, 2.05) is 30.3 Å². The molecule has 3 nitrogen and oxygen atoms in total. The van der Waals surface area contributed by atoms with Crippen LogP contribution in [0.4, 0.5) is 5.69 Å². The number of rotatable bonds is 13. The number of benzene rings is 3. The predicted octanol–water partition coefficient (Wildman–Crippen LogP) is 7.89. The number of hydrogen-bond acceptors (Lipinski definition) is 2. The fourth-order valence-corrected chi connectivity index (χ4v) is 4.98. The number of nitrogens with zero attached hydrogens (tertiary/aromatic N) is 1. The monoisotopic (exact) mass is 532 g/mol. The normalized spacial score (nSPS) is 12.1. The van der Waals surface area contributed by atoms with E-state index >= 15 is 0 Å². The molecule has 3 aromatic carbocycles. The minimum atomic E-state index is -0.332. The second-order valence-corrected chi connectivity index (χ2v) is 9.75. The zero-order valence-corrected chi connectivity index (χ0v) is 22.5. The number of amides is 1. The first kappa shape index (κ1) is 26.7. The van der Waals surface area contributed by atoms with Crippen LogP contribution in [-0.4, -0.2) is 19.0 Å². The van der Waals surface area contributed by atoms with Crippen LogP contribution in [0.1, 0.15) is 56.6 Å². The van der Waals surface area contributed by atoms with Gasteiger partial charge in [0.1, 0.15) is 0 Å². The Balaban J connectivity index is 1.81. The van der Waals surface area contributed by atoms with Crippen molar-refractivity contribution in [3.8, 4) is 11.1 Å². The molecule has 3 rings (SSSR count). The van der Waals surface area contributed by atoms with Crippen molar-refractivity contribution in [2.45, 2.75) is 51.9 Å². The van der Waals surface area contributed by atoms with Crippen molar-refractivity contribution in [3.05, 3.63) is 101 Å². The summed E-state index contributed by atoms with van der Waals surface area (Å²) in [7, 11) is 0. The first-order valence-electron chi connectivity index (χ1n) is 12.7. The van der Waals surface area contributed by atoms with E-state index in [1.165, 1.54) is 11.3 Å². The third-order valence-electron chi connectivity index (χ3n) is 6.42. The third kappa shape index (κ3) is 7.57. The van der Waals surface area contributed by atoms with Crippen LogP contribution in [-0.2, 0) is 11.2 Å². The molecule has 0 saturated carbocycles. The number of halogens is 1. The Morgan fingerprint density at radius 3 is 2.43 bits per heavy atom. The number of para-hydroxylation sites is 1. The van der Waals surface area contributed by atoms with Crippen molar-refractivity contribution in [2.24, 2.45) is 5.73 Å². The standard InChI is InChI=1S/C31H37BrN2O/c1-3-5-6-12-21-34(30-18-11-10-14-24(30)4-2)22-13-17-28(31(33)35)27-20-19-26(32)23-29(27)25-15-8-7-9-16-25/h5-11,14-16,18-20,23,28H,3-4,12-13,17,21-22H2,1-2H3,(H2,33,35). The Labute approximate surface area is 219 Å². The molecule has 0 heterocycles. The smallest absolute Gasteiger partial charge is 0.224 e. The number of nitrogens with two attached hydrogens (primary N) is 1. The summed E-state index contributed by atoms with van der Waals surface area (Å²) in [6.45, 7) is 6.21. The van der Waals surface area contributed by atoms with Crippen LogP contribution in [0.25, 0.3) is 11.1 Å². The average molecular weight is 534 g/mol. The van der Waals surface area contributed by atoms with E-state index < -0.39 is 0 Å². The van der Waals surface area contributed by atoms with Gasteiger partial charge in [-0.1, -0.05) is 96.5 Å². The Kier molecular flexibility index (Phi) is 10.6. The van der Waals surface area contributed by atoms with Crippen molar-refractivity contribution in [1.29, 1.82) is 0 Å². The van der Waals surface area contributed by atoms with E-state index in [1.54, 1.807) is 0 Å². The number of primary amides is 1. The Bertz CT molecular complexity index is 1110. The molecule has 0 spiro atoms. The van der Waals surface area contributed by atoms with Gasteiger partial charge >= 0.3 is 0 Å². The first-order chi connectivity index (χ1) is 17.0. The molecule has 184 valence electrons. The zero-order chi connectivity index (χ0) is 25.0. The molecule has 0 aliphatic rings. The van der Waals surface area contributed by atoms with Gasteiger partial charge in [0.05, 0.1) is 5.92 Å². The van der Waals surface area contributed by atoms with Gasteiger partial charge < -0.3 is 10.6 Å².